The van der Waals surface area contributed by atoms with Gasteiger partial charge in [0.1, 0.15) is 5.75 Å². The highest BCUT2D eigenvalue weighted by molar-refractivity contribution is 7.88. The number of amides is 2. The normalized spacial score (nSPS) is 16.3. The Balaban J connectivity index is 1.57. The Morgan fingerprint density at radius 1 is 1.15 bits per heavy atom. The van der Waals surface area contributed by atoms with Gasteiger partial charge in [-0.15, -0.1) is 0 Å². The molecule has 1 aliphatic heterocycles. The lowest BCUT2D eigenvalue weighted by Crippen LogP contribution is -2.32. The van der Waals surface area contributed by atoms with E-state index in [0.717, 1.165) is 11.1 Å². The van der Waals surface area contributed by atoms with Crippen LogP contribution in [0.1, 0.15) is 37.0 Å². The number of anilines is 1. The van der Waals surface area contributed by atoms with Gasteiger partial charge in [-0.3, -0.25) is 9.59 Å². The van der Waals surface area contributed by atoms with Gasteiger partial charge in [-0.25, -0.2) is 13.1 Å². The van der Waals surface area contributed by atoms with Gasteiger partial charge in [0, 0.05) is 25.6 Å². The van der Waals surface area contributed by atoms with Crippen molar-refractivity contribution in [3.63, 3.8) is 0 Å². The van der Waals surface area contributed by atoms with Gasteiger partial charge in [0.25, 0.3) is 0 Å². The molecule has 2 aromatic rings. The van der Waals surface area contributed by atoms with Gasteiger partial charge in [0.15, 0.2) is 0 Å². The molecule has 0 bridgehead atoms. The Morgan fingerprint density at radius 2 is 1.82 bits per heavy atom. The van der Waals surface area contributed by atoms with E-state index >= 15 is 0 Å². The summed E-state index contributed by atoms with van der Waals surface area (Å²) in [5, 5.41) is 2.89. The molecule has 0 aliphatic carbocycles. The van der Waals surface area contributed by atoms with E-state index in [-0.39, 0.29) is 30.0 Å². The first kappa shape index (κ1) is 24.7. The highest BCUT2D eigenvalue weighted by atomic mass is 32.2. The quantitative estimate of drug-likeness (QED) is 0.582. The van der Waals surface area contributed by atoms with Gasteiger partial charge < -0.3 is 15.0 Å². The van der Waals surface area contributed by atoms with Gasteiger partial charge in [-0.05, 0) is 49.6 Å². The zero-order valence-corrected chi connectivity index (χ0v) is 20.2. The van der Waals surface area contributed by atoms with Crippen LogP contribution in [0, 0.1) is 12.8 Å². The molecule has 1 saturated heterocycles. The minimum Gasteiger partial charge on any atom is -0.495 e. The average Bonchev–Trinajstić information content (AvgIpc) is 3.13. The lowest BCUT2D eigenvalue weighted by Gasteiger charge is -2.20. The molecule has 2 aromatic carbocycles. The van der Waals surface area contributed by atoms with E-state index in [1.165, 1.54) is 0 Å². The fourth-order valence-electron chi connectivity index (χ4n) is 3.83. The van der Waals surface area contributed by atoms with Crippen molar-refractivity contribution in [1.82, 2.24) is 10.0 Å². The molecule has 0 spiro atoms. The first-order valence-corrected chi connectivity index (χ1v) is 12.5. The first-order chi connectivity index (χ1) is 15.6. The number of nitrogens with zero attached hydrogens (tertiary/aromatic N) is 1. The summed E-state index contributed by atoms with van der Waals surface area (Å²) in [4.78, 5) is 26.9. The molecule has 8 nitrogen and oxygen atoms in total. The van der Waals surface area contributed by atoms with Crippen LogP contribution in [0.2, 0.25) is 0 Å². The second-order valence-electron chi connectivity index (χ2n) is 8.65. The van der Waals surface area contributed by atoms with Gasteiger partial charge in [-0.2, -0.15) is 0 Å². The van der Waals surface area contributed by atoms with Gasteiger partial charge in [0.05, 0.1) is 24.5 Å². The molecule has 0 aromatic heterocycles. The lowest BCUT2D eigenvalue weighted by atomic mass is 10.1. The third kappa shape index (κ3) is 6.55. The monoisotopic (exact) mass is 473 g/mol. The van der Waals surface area contributed by atoms with Crippen molar-refractivity contribution < 1.29 is 22.7 Å². The Labute approximate surface area is 195 Å². The zero-order chi connectivity index (χ0) is 24.2. The molecule has 1 atom stereocenters. The summed E-state index contributed by atoms with van der Waals surface area (Å²) in [5.41, 5.74) is 3.20. The molecular weight excluding hydrogens is 442 g/mol. The number of hydrogen-bond acceptors (Lipinski definition) is 5. The van der Waals surface area contributed by atoms with Crippen molar-refractivity contribution in [2.45, 2.75) is 45.5 Å². The molecule has 33 heavy (non-hydrogen) atoms. The maximum Gasteiger partial charge on any atom is 0.227 e. The van der Waals surface area contributed by atoms with Crippen molar-refractivity contribution in [1.29, 1.82) is 0 Å². The molecule has 3 rings (SSSR count). The number of carbonyl (C=O) groups excluding carboxylic acids is 2. The molecule has 1 unspecified atom stereocenters. The number of benzene rings is 2. The summed E-state index contributed by atoms with van der Waals surface area (Å²) in [5.74, 6) is -0.250. The number of aryl methyl sites for hydroxylation is 1. The number of hydrogen-bond donors (Lipinski definition) is 2. The summed E-state index contributed by atoms with van der Waals surface area (Å²) in [7, 11) is -1.83. The summed E-state index contributed by atoms with van der Waals surface area (Å²) >= 11 is 0. The summed E-state index contributed by atoms with van der Waals surface area (Å²) in [6.45, 7) is 6.09. The van der Waals surface area contributed by atoms with E-state index in [1.54, 1.807) is 50.1 Å². The Hall–Kier alpha value is -2.91. The van der Waals surface area contributed by atoms with Crippen LogP contribution >= 0.6 is 0 Å². The molecule has 9 heteroatoms. The van der Waals surface area contributed by atoms with Crippen molar-refractivity contribution in [3.8, 4) is 5.75 Å². The van der Waals surface area contributed by atoms with Crippen LogP contribution < -0.4 is 19.7 Å². The molecule has 0 radical (unpaired) electrons. The number of ether oxygens (including phenoxy) is 1. The largest absolute Gasteiger partial charge is 0.495 e. The average molecular weight is 474 g/mol. The molecule has 2 N–H and O–H groups in total. The molecule has 1 aliphatic rings. The predicted molar refractivity (Wildman–Crippen MR) is 127 cm³/mol. The van der Waals surface area contributed by atoms with Crippen LogP contribution in [0.3, 0.4) is 0 Å². The fraction of sp³-hybridized carbons (Fsp3) is 0.417. The lowest BCUT2D eigenvalue weighted by molar-refractivity contribution is -0.126. The Kier molecular flexibility index (Phi) is 7.76. The molecule has 0 saturated carbocycles. The van der Waals surface area contributed by atoms with Crippen LogP contribution in [-0.2, 0) is 31.9 Å². The summed E-state index contributed by atoms with van der Waals surface area (Å²) < 4.78 is 32.1. The van der Waals surface area contributed by atoms with Gasteiger partial charge >= 0.3 is 0 Å². The number of sulfonamides is 1. The summed E-state index contributed by atoms with van der Waals surface area (Å²) in [6, 6.07) is 12.5. The fourth-order valence-corrected chi connectivity index (χ4v) is 5.27. The molecular formula is C24H31N3O5S. The third-order valence-electron chi connectivity index (χ3n) is 5.38. The van der Waals surface area contributed by atoms with Gasteiger partial charge in [-0.1, -0.05) is 30.3 Å². The first-order valence-electron chi connectivity index (χ1n) is 10.9. The SMILES string of the molecule is COc1ccc(C)cc1N1CC(C(=O)NCc2ccc(CS(=O)(=O)NC(C)C)cc2)CC1=O. The van der Waals surface area contributed by atoms with E-state index in [1.807, 2.05) is 25.1 Å². The van der Waals surface area contributed by atoms with E-state index in [0.29, 0.717) is 30.1 Å². The van der Waals surface area contributed by atoms with Crippen LogP contribution in [0.4, 0.5) is 5.69 Å². The minimum atomic E-state index is -3.39. The van der Waals surface area contributed by atoms with Crippen LogP contribution in [0.15, 0.2) is 42.5 Å². The molecule has 178 valence electrons. The minimum absolute atomic E-state index is 0.0970. The van der Waals surface area contributed by atoms with E-state index < -0.39 is 15.9 Å². The smallest absolute Gasteiger partial charge is 0.227 e. The highest BCUT2D eigenvalue weighted by Crippen LogP contribution is 2.34. The van der Waals surface area contributed by atoms with E-state index in [4.69, 9.17) is 4.74 Å². The number of methoxy groups -OCH3 is 1. The van der Waals surface area contributed by atoms with Gasteiger partial charge in [0.2, 0.25) is 21.8 Å². The zero-order valence-electron chi connectivity index (χ0n) is 19.4. The van der Waals surface area contributed by atoms with Crippen LogP contribution in [-0.4, -0.2) is 39.9 Å². The summed E-state index contributed by atoms with van der Waals surface area (Å²) in [6.07, 6.45) is 0.141. The van der Waals surface area contributed by atoms with Crippen molar-refractivity contribution in [3.05, 3.63) is 59.2 Å². The van der Waals surface area contributed by atoms with Crippen LogP contribution in [0.25, 0.3) is 0 Å². The predicted octanol–water partition coefficient (Wildman–Crippen LogP) is 2.50. The third-order valence-corrected chi connectivity index (χ3v) is 6.93. The van der Waals surface area contributed by atoms with E-state index in [2.05, 4.69) is 10.0 Å². The Bertz CT molecular complexity index is 1110. The number of nitrogens with one attached hydrogen (secondary N) is 2. The van der Waals surface area contributed by atoms with E-state index in [9.17, 15) is 18.0 Å². The van der Waals surface area contributed by atoms with Crippen molar-refractivity contribution >= 4 is 27.5 Å². The van der Waals surface area contributed by atoms with Crippen molar-refractivity contribution in [2.24, 2.45) is 5.92 Å². The maximum absolute atomic E-state index is 12.7. The Morgan fingerprint density at radius 3 is 2.45 bits per heavy atom. The van der Waals surface area contributed by atoms with Crippen molar-refractivity contribution in [2.75, 3.05) is 18.6 Å². The van der Waals surface area contributed by atoms with Crippen LogP contribution in [0.5, 0.6) is 5.75 Å². The molecule has 2 amide bonds. The second kappa shape index (κ2) is 10.4. The maximum atomic E-state index is 12.7. The number of rotatable bonds is 9. The standard InChI is InChI=1S/C24H31N3O5S/c1-16(2)26-33(30,31)15-19-8-6-18(7-9-19)13-25-24(29)20-12-23(28)27(14-20)21-11-17(3)5-10-22(21)32-4/h5-11,16,20,26H,12-15H2,1-4H3,(H,25,29). The molecule has 1 heterocycles. The molecule has 1 fully saturated rings. The number of carbonyl (C=O) groups is 2. The second-order valence-corrected chi connectivity index (χ2v) is 10.4. The topological polar surface area (TPSA) is 105 Å². The highest BCUT2D eigenvalue weighted by Gasteiger charge is 2.36.